The number of hydrogen-bond acceptors (Lipinski definition) is 2. The van der Waals surface area contributed by atoms with Gasteiger partial charge in [-0.1, -0.05) is 87.0 Å². The summed E-state index contributed by atoms with van der Waals surface area (Å²) in [6.07, 6.45) is 2.63. The SMILES string of the molecule is CCCc1ccc(-c2ccc(OC(=O)C[C@H](C)c3ccccc3)cc2)cc1. The summed E-state index contributed by atoms with van der Waals surface area (Å²) in [5.41, 5.74) is 4.80. The molecule has 0 aliphatic rings. The zero-order chi connectivity index (χ0) is 19.1. The maximum absolute atomic E-state index is 12.2. The van der Waals surface area contributed by atoms with Gasteiger partial charge in [-0.2, -0.15) is 0 Å². The topological polar surface area (TPSA) is 26.3 Å². The minimum absolute atomic E-state index is 0.139. The van der Waals surface area contributed by atoms with Crippen LogP contribution in [0.1, 0.15) is 43.7 Å². The van der Waals surface area contributed by atoms with Crippen LogP contribution in [0.2, 0.25) is 0 Å². The van der Waals surface area contributed by atoms with E-state index in [0.717, 1.165) is 24.0 Å². The molecule has 0 bridgehead atoms. The molecule has 0 N–H and O–H groups in total. The average molecular weight is 358 g/mol. The molecule has 0 aromatic heterocycles. The summed E-state index contributed by atoms with van der Waals surface area (Å²) in [6.45, 7) is 4.23. The molecule has 0 unspecified atom stereocenters. The van der Waals surface area contributed by atoms with Gasteiger partial charge in [0, 0.05) is 0 Å². The first kappa shape index (κ1) is 18.9. The lowest BCUT2D eigenvalue weighted by Crippen LogP contribution is -2.11. The lowest BCUT2D eigenvalue weighted by Gasteiger charge is -2.11. The van der Waals surface area contributed by atoms with Crippen LogP contribution in [0, 0.1) is 0 Å². The van der Waals surface area contributed by atoms with E-state index in [-0.39, 0.29) is 11.9 Å². The van der Waals surface area contributed by atoms with Crippen LogP contribution >= 0.6 is 0 Å². The van der Waals surface area contributed by atoms with E-state index < -0.39 is 0 Å². The molecule has 3 aromatic carbocycles. The Hall–Kier alpha value is -2.87. The molecule has 1 atom stereocenters. The number of benzene rings is 3. The summed E-state index contributed by atoms with van der Waals surface area (Å²) in [4.78, 5) is 12.2. The number of esters is 1. The van der Waals surface area contributed by atoms with Gasteiger partial charge in [-0.3, -0.25) is 4.79 Å². The summed E-state index contributed by atoms with van der Waals surface area (Å²) in [7, 11) is 0. The van der Waals surface area contributed by atoms with Gasteiger partial charge >= 0.3 is 5.97 Å². The number of aryl methyl sites for hydroxylation is 1. The minimum Gasteiger partial charge on any atom is -0.427 e. The number of carbonyl (C=O) groups excluding carboxylic acids is 1. The van der Waals surface area contributed by atoms with Gasteiger partial charge in [0.15, 0.2) is 0 Å². The molecule has 27 heavy (non-hydrogen) atoms. The highest BCUT2D eigenvalue weighted by atomic mass is 16.5. The van der Waals surface area contributed by atoms with Crippen LogP contribution in [0.3, 0.4) is 0 Å². The Morgan fingerprint density at radius 1 is 0.852 bits per heavy atom. The molecule has 0 amide bonds. The normalized spacial score (nSPS) is 11.8. The molecular formula is C25H26O2. The molecule has 0 radical (unpaired) electrons. The van der Waals surface area contributed by atoms with Crippen molar-refractivity contribution in [2.75, 3.05) is 0 Å². The first-order chi connectivity index (χ1) is 13.2. The minimum atomic E-state index is -0.206. The Labute approximate surface area is 161 Å². The third-order valence-corrected chi connectivity index (χ3v) is 4.75. The van der Waals surface area contributed by atoms with Crippen LogP contribution in [-0.4, -0.2) is 5.97 Å². The fourth-order valence-corrected chi connectivity index (χ4v) is 3.19. The second-order valence-electron chi connectivity index (χ2n) is 6.96. The van der Waals surface area contributed by atoms with E-state index in [9.17, 15) is 4.79 Å². The van der Waals surface area contributed by atoms with Crippen molar-refractivity contribution in [2.45, 2.75) is 39.0 Å². The Bertz CT molecular complexity index is 849. The molecule has 3 aromatic rings. The van der Waals surface area contributed by atoms with Crippen molar-refractivity contribution in [1.82, 2.24) is 0 Å². The molecule has 2 nitrogen and oxygen atoms in total. The monoisotopic (exact) mass is 358 g/mol. The van der Waals surface area contributed by atoms with E-state index >= 15 is 0 Å². The molecule has 2 heteroatoms. The van der Waals surface area contributed by atoms with Gasteiger partial charge in [0.25, 0.3) is 0 Å². The van der Waals surface area contributed by atoms with Crippen molar-refractivity contribution in [3.63, 3.8) is 0 Å². The summed E-state index contributed by atoms with van der Waals surface area (Å²) in [5, 5.41) is 0. The van der Waals surface area contributed by atoms with Crippen LogP contribution in [-0.2, 0) is 11.2 Å². The van der Waals surface area contributed by atoms with Gasteiger partial charge in [-0.05, 0) is 46.7 Å². The second kappa shape index (κ2) is 9.18. The third kappa shape index (κ3) is 5.30. The zero-order valence-electron chi connectivity index (χ0n) is 16.0. The van der Waals surface area contributed by atoms with Crippen molar-refractivity contribution in [3.8, 4) is 16.9 Å². The molecule has 0 saturated heterocycles. The van der Waals surface area contributed by atoms with Crippen LogP contribution < -0.4 is 4.74 Å². The number of ether oxygens (including phenoxy) is 1. The van der Waals surface area contributed by atoms with E-state index in [0.29, 0.717) is 12.2 Å². The quantitative estimate of drug-likeness (QED) is 0.360. The Kier molecular flexibility index (Phi) is 6.43. The summed E-state index contributed by atoms with van der Waals surface area (Å²) in [5.74, 6) is 0.522. The van der Waals surface area contributed by atoms with Crippen LogP contribution in [0.5, 0.6) is 5.75 Å². The molecule has 0 heterocycles. The highest BCUT2D eigenvalue weighted by Crippen LogP contribution is 2.24. The highest BCUT2D eigenvalue weighted by molar-refractivity contribution is 5.74. The van der Waals surface area contributed by atoms with E-state index in [1.807, 2.05) is 61.5 Å². The lowest BCUT2D eigenvalue weighted by atomic mass is 9.98. The molecule has 0 aliphatic carbocycles. The van der Waals surface area contributed by atoms with E-state index in [1.54, 1.807) is 0 Å². The molecular weight excluding hydrogens is 332 g/mol. The zero-order valence-corrected chi connectivity index (χ0v) is 16.0. The molecule has 138 valence electrons. The largest absolute Gasteiger partial charge is 0.427 e. The predicted molar refractivity (Wildman–Crippen MR) is 111 cm³/mol. The van der Waals surface area contributed by atoms with E-state index in [1.165, 1.54) is 11.1 Å². The maximum Gasteiger partial charge on any atom is 0.311 e. The number of carbonyl (C=O) groups is 1. The van der Waals surface area contributed by atoms with Crippen molar-refractivity contribution in [2.24, 2.45) is 0 Å². The highest BCUT2D eigenvalue weighted by Gasteiger charge is 2.13. The van der Waals surface area contributed by atoms with Crippen LogP contribution in [0.25, 0.3) is 11.1 Å². The van der Waals surface area contributed by atoms with Gasteiger partial charge < -0.3 is 4.74 Å². The van der Waals surface area contributed by atoms with E-state index in [2.05, 4.69) is 31.2 Å². The van der Waals surface area contributed by atoms with Crippen LogP contribution in [0.15, 0.2) is 78.9 Å². The number of rotatable bonds is 7. The van der Waals surface area contributed by atoms with Gasteiger partial charge in [0.2, 0.25) is 0 Å². The number of hydrogen-bond donors (Lipinski definition) is 0. The third-order valence-electron chi connectivity index (χ3n) is 4.75. The first-order valence-corrected chi connectivity index (χ1v) is 9.60. The van der Waals surface area contributed by atoms with E-state index in [4.69, 9.17) is 4.74 Å². The molecule has 3 rings (SSSR count). The first-order valence-electron chi connectivity index (χ1n) is 9.60. The summed E-state index contributed by atoms with van der Waals surface area (Å²) in [6, 6.07) is 26.4. The fourth-order valence-electron chi connectivity index (χ4n) is 3.19. The van der Waals surface area contributed by atoms with Gasteiger partial charge in [0.1, 0.15) is 5.75 Å². The standard InChI is InChI=1S/C25H26O2/c1-3-7-20-10-12-22(13-11-20)23-14-16-24(17-15-23)27-25(26)18-19(2)21-8-5-4-6-9-21/h4-6,8-17,19H,3,7,18H2,1-2H3/t19-/m0/s1. The smallest absolute Gasteiger partial charge is 0.311 e. The van der Waals surface area contributed by atoms with Crippen LogP contribution in [0.4, 0.5) is 0 Å². The predicted octanol–water partition coefficient (Wildman–Crippen LogP) is 6.41. The van der Waals surface area contributed by atoms with Crippen molar-refractivity contribution in [1.29, 1.82) is 0 Å². The van der Waals surface area contributed by atoms with Crippen molar-refractivity contribution in [3.05, 3.63) is 90.0 Å². The van der Waals surface area contributed by atoms with Gasteiger partial charge in [-0.15, -0.1) is 0 Å². The van der Waals surface area contributed by atoms with Gasteiger partial charge in [0.05, 0.1) is 6.42 Å². The molecule has 0 aliphatic heterocycles. The fraction of sp³-hybridized carbons (Fsp3) is 0.240. The second-order valence-corrected chi connectivity index (χ2v) is 6.96. The Morgan fingerprint density at radius 2 is 1.44 bits per heavy atom. The maximum atomic E-state index is 12.2. The summed E-state index contributed by atoms with van der Waals surface area (Å²) < 4.78 is 5.51. The van der Waals surface area contributed by atoms with Gasteiger partial charge in [-0.25, -0.2) is 0 Å². The Balaban J connectivity index is 1.59. The molecule has 0 spiro atoms. The van der Waals surface area contributed by atoms with Crippen molar-refractivity contribution >= 4 is 5.97 Å². The molecule has 0 fully saturated rings. The van der Waals surface area contributed by atoms with Crippen molar-refractivity contribution < 1.29 is 9.53 Å². The Morgan fingerprint density at radius 3 is 2.04 bits per heavy atom. The lowest BCUT2D eigenvalue weighted by molar-refractivity contribution is -0.134. The summed E-state index contributed by atoms with van der Waals surface area (Å²) >= 11 is 0. The molecule has 0 saturated carbocycles. The average Bonchev–Trinajstić information content (AvgIpc) is 2.70.